The molecule has 0 aliphatic carbocycles. The maximum Gasteiger partial charge on any atom is 0.203 e. The Morgan fingerprint density at radius 1 is 1.14 bits per heavy atom. The molecular formula is C21H21Cl2N3OS. The Hall–Kier alpha value is -2.08. The molecule has 0 radical (unpaired) electrons. The van der Waals surface area contributed by atoms with E-state index in [9.17, 15) is 0 Å². The number of unbranched alkanes of at least 4 members (excludes halogenated alkanes) is 2. The third-order valence-electron chi connectivity index (χ3n) is 3.98. The molecule has 146 valence electrons. The second kappa shape index (κ2) is 10.5. The van der Waals surface area contributed by atoms with E-state index in [1.165, 1.54) is 24.2 Å². The third kappa shape index (κ3) is 5.96. The van der Waals surface area contributed by atoms with Crippen molar-refractivity contribution in [3.8, 4) is 17.0 Å². The topological polar surface area (TPSA) is 46.5 Å². The van der Waals surface area contributed by atoms with Gasteiger partial charge < -0.3 is 4.74 Å². The van der Waals surface area contributed by atoms with Gasteiger partial charge in [-0.3, -0.25) is 5.43 Å². The summed E-state index contributed by atoms with van der Waals surface area (Å²) in [6.07, 6.45) is 5.22. The summed E-state index contributed by atoms with van der Waals surface area (Å²) in [5.74, 6) is 0.880. The highest BCUT2D eigenvalue weighted by Gasteiger charge is 2.08. The molecular weight excluding hydrogens is 413 g/mol. The highest BCUT2D eigenvalue weighted by atomic mass is 35.5. The molecule has 1 heterocycles. The number of halogens is 2. The van der Waals surface area contributed by atoms with Gasteiger partial charge in [0.15, 0.2) is 0 Å². The molecule has 1 aromatic heterocycles. The average molecular weight is 434 g/mol. The number of hydrogen-bond acceptors (Lipinski definition) is 5. The molecule has 7 heteroatoms. The van der Waals surface area contributed by atoms with E-state index in [2.05, 4.69) is 22.4 Å². The van der Waals surface area contributed by atoms with Crippen LogP contribution in [0, 0.1) is 0 Å². The molecule has 0 unspecified atom stereocenters. The molecule has 0 bridgehead atoms. The summed E-state index contributed by atoms with van der Waals surface area (Å²) < 4.78 is 5.71. The summed E-state index contributed by atoms with van der Waals surface area (Å²) in [5, 5.41) is 8.04. The number of benzene rings is 2. The van der Waals surface area contributed by atoms with E-state index in [0.29, 0.717) is 15.2 Å². The third-order valence-corrected chi connectivity index (χ3v) is 5.28. The molecule has 0 aliphatic rings. The van der Waals surface area contributed by atoms with E-state index in [4.69, 9.17) is 27.9 Å². The molecule has 0 atom stereocenters. The van der Waals surface area contributed by atoms with Crippen LogP contribution in [0.15, 0.2) is 52.9 Å². The number of nitrogens with one attached hydrogen (secondary N) is 1. The van der Waals surface area contributed by atoms with Crippen LogP contribution in [-0.2, 0) is 0 Å². The summed E-state index contributed by atoms with van der Waals surface area (Å²) in [6.45, 7) is 2.94. The maximum absolute atomic E-state index is 6.24. The van der Waals surface area contributed by atoms with Crippen LogP contribution in [0.25, 0.3) is 11.3 Å². The Bertz CT molecular complexity index is 926. The Balaban J connectivity index is 1.54. The summed E-state index contributed by atoms with van der Waals surface area (Å²) in [5.41, 5.74) is 5.56. The number of nitrogens with zero attached hydrogens (tertiary/aromatic N) is 2. The monoisotopic (exact) mass is 433 g/mol. The minimum Gasteiger partial charge on any atom is -0.494 e. The van der Waals surface area contributed by atoms with Gasteiger partial charge in [0.2, 0.25) is 5.13 Å². The zero-order valence-corrected chi connectivity index (χ0v) is 17.8. The molecule has 0 aliphatic heterocycles. The first kappa shape index (κ1) is 20.6. The number of hydrogen-bond donors (Lipinski definition) is 1. The van der Waals surface area contributed by atoms with Crippen LogP contribution in [0.2, 0.25) is 10.0 Å². The molecule has 3 aromatic rings. The first-order valence-corrected chi connectivity index (χ1v) is 10.7. The molecule has 28 heavy (non-hydrogen) atoms. The molecule has 3 rings (SSSR count). The molecule has 1 N–H and O–H groups in total. The number of rotatable bonds is 9. The van der Waals surface area contributed by atoms with Gasteiger partial charge in [-0.25, -0.2) is 4.98 Å². The molecule has 0 spiro atoms. The van der Waals surface area contributed by atoms with Gasteiger partial charge >= 0.3 is 0 Å². The first-order valence-electron chi connectivity index (χ1n) is 9.08. The van der Waals surface area contributed by atoms with Crippen LogP contribution >= 0.6 is 34.5 Å². The minimum atomic E-state index is 0.574. The second-order valence-corrected chi connectivity index (χ2v) is 7.86. The van der Waals surface area contributed by atoms with Gasteiger partial charge in [0.25, 0.3) is 0 Å². The zero-order valence-electron chi connectivity index (χ0n) is 15.5. The lowest BCUT2D eigenvalue weighted by Crippen LogP contribution is -1.97. The van der Waals surface area contributed by atoms with E-state index in [1.54, 1.807) is 18.3 Å². The van der Waals surface area contributed by atoms with Crippen LogP contribution in [0.3, 0.4) is 0 Å². The van der Waals surface area contributed by atoms with Crippen molar-refractivity contribution < 1.29 is 4.74 Å². The standard InChI is InChI=1S/C21H21Cl2N3OS/c1-2-3-4-11-27-17-8-5-15(6-9-17)13-24-26-21-25-20(14-28-21)18-10-7-16(22)12-19(18)23/h5-10,12-14H,2-4,11H2,1H3,(H,25,26)/b24-13+. The van der Waals surface area contributed by atoms with E-state index < -0.39 is 0 Å². The van der Waals surface area contributed by atoms with Crippen LogP contribution < -0.4 is 10.2 Å². The van der Waals surface area contributed by atoms with Crippen molar-refractivity contribution in [1.82, 2.24) is 4.98 Å². The van der Waals surface area contributed by atoms with Crippen molar-refractivity contribution in [2.45, 2.75) is 26.2 Å². The smallest absolute Gasteiger partial charge is 0.203 e. The van der Waals surface area contributed by atoms with Crippen molar-refractivity contribution in [1.29, 1.82) is 0 Å². The molecule has 0 fully saturated rings. The quantitative estimate of drug-likeness (QED) is 0.221. The van der Waals surface area contributed by atoms with Crippen LogP contribution in [-0.4, -0.2) is 17.8 Å². The second-order valence-electron chi connectivity index (χ2n) is 6.16. The fraction of sp³-hybridized carbons (Fsp3) is 0.238. The van der Waals surface area contributed by atoms with E-state index in [0.717, 1.165) is 35.6 Å². The van der Waals surface area contributed by atoms with Gasteiger partial charge in [-0.15, -0.1) is 11.3 Å². The minimum absolute atomic E-state index is 0.574. The number of ether oxygens (including phenoxy) is 1. The summed E-state index contributed by atoms with van der Waals surface area (Å²) in [6, 6.07) is 13.2. The van der Waals surface area contributed by atoms with Crippen LogP contribution in [0.5, 0.6) is 5.75 Å². The maximum atomic E-state index is 6.24. The Morgan fingerprint density at radius 2 is 1.96 bits per heavy atom. The van der Waals surface area contributed by atoms with Crippen molar-refractivity contribution in [3.63, 3.8) is 0 Å². The summed E-state index contributed by atoms with van der Waals surface area (Å²) in [4.78, 5) is 4.51. The lowest BCUT2D eigenvalue weighted by atomic mass is 10.2. The van der Waals surface area contributed by atoms with Crippen LogP contribution in [0.1, 0.15) is 31.7 Å². The van der Waals surface area contributed by atoms with Crippen molar-refractivity contribution in [3.05, 3.63) is 63.5 Å². The van der Waals surface area contributed by atoms with E-state index >= 15 is 0 Å². The van der Waals surface area contributed by atoms with Crippen molar-refractivity contribution in [2.24, 2.45) is 5.10 Å². The Morgan fingerprint density at radius 3 is 2.71 bits per heavy atom. The predicted octanol–water partition coefficient (Wildman–Crippen LogP) is 7.13. The molecule has 0 saturated heterocycles. The normalized spacial score (nSPS) is 11.1. The largest absolute Gasteiger partial charge is 0.494 e. The van der Waals surface area contributed by atoms with Gasteiger partial charge in [0.1, 0.15) is 5.75 Å². The lowest BCUT2D eigenvalue weighted by Gasteiger charge is -2.05. The predicted molar refractivity (Wildman–Crippen MR) is 120 cm³/mol. The van der Waals surface area contributed by atoms with Gasteiger partial charge in [0, 0.05) is 16.0 Å². The fourth-order valence-corrected chi connectivity index (χ4v) is 3.66. The van der Waals surface area contributed by atoms with Gasteiger partial charge in [-0.05, 0) is 54.4 Å². The first-order chi connectivity index (χ1) is 13.7. The number of anilines is 1. The molecule has 0 saturated carbocycles. The van der Waals surface area contributed by atoms with E-state index in [-0.39, 0.29) is 0 Å². The highest BCUT2D eigenvalue weighted by Crippen LogP contribution is 2.32. The number of aromatic nitrogens is 1. The van der Waals surface area contributed by atoms with Gasteiger partial charge in [0.05, 0.1) is 23.5 Å². The highest BCUT2D eigenvalue weighted by molar-refractivity contribution is 7.14. The SMILES string of the molecule is CCCCCOc1ccc(/C=N/Nc2nc(-c3ccc(Cl)cc3Cl)cs2)cc1. The summed E-state index contributed by atoms with van der Waals surface area (Å²) >= 11 is 13.6. The Kier molecular flexibility index (Phi) is 7.71. The molecule has 4 nitrogen and oxygen atoms in total. The fourth-order valence-electron chi connectivity index (χ4n) is 2.50. The lowest BCUT2D eigenvalue weighted by molar-refractivity contribution is 0.306. The van der Waals surface area contributed by atoms with Crippen molar-refractivity contribution in [2.75, 3.05) is 12.0 Å². The number of hydrazone groups is 1. The summed E-state index contributed by atoms with van der Waals surface area (Å²) in [7, 11) is 0. The van der Waals surface area contributed by atoms with E-state index in [1.807, 2.05) is 35.7 Å². The van der Waals surface area contributed by atoms with Gasteiger partial charge in [-0.2, -0.15) is 5.10 Å². The molecule has 2 aromatic carbocycles. The van der Waals surface area contributed by atoms with Crippen LogP contribution in [0.4, 0.5) is 5.13 Å². The Labute approximate surface area is 179 Å². The molecule has 0 amide bonds. The van der Waals surface area contributed by atoms with Gasteiger partial charge in [-0.1, -0.05) is 43.0 Å². The zero-order chi connectivity index (χ0) is 19.8. The van der Waals surface area contributed by atoms with Crippen molar-refractivity contribution >= 4 is 45.9 Å². The number of thiazole rings is 1. The average Bonchev–Trinajstić information content (AvgIpc) is 3.15.